The summed E-state index contributed by atoms with van der Waals surface area (Å²) in [5.74, 6) is 1.32. The molecule has 0 bridgehead atoms. The number of carbonyl (C=O) groups is 1. The predicted molar refractivity (Wildman–Crippen MR) is 96.9 cm³/mol. The zero-order valence-electron chi connectivity index (χ0n) is 14.7. The molecule has 3 heterocycles. The maximum Gasteiger partial charge on any atom is 0.222 e. The molecule has 0 unspecified atom stereocenters. The van der Waals surface area contributed by atoms with Crippen LogP contribution in [0.4, 0.5) is 5.82 Å². The highest BCUT2D eigenvalue weighted by atomic mass is 16.1. The van der Waals surface area contributed by atoms with Crippen LogP contribution in [0.5, 0.6) is 0 Å². The van der Waals surface area contributed by atoms with Gasteiger partial charge in [-0.2, -0.15) is 0 Å². The minimum Gasteiger partial charge on any atom is -0.311 e. The molecule has 6 nitrogen and oxygen atoms in total. The third-order valence-corrected chi connectivity index (χ3v) is 4.68. The Bertz CT molecular complexity index is 683. The van der Waals surface area contributed by atoms with E-state index in [0.29, 0.717) is 5.82 Å². The molecule has 2 aromatic heterocycles. The third kappa shape index (κ3) is 5.60. The molecule has 3 rings (SSSR count). The van der Waals surface area contributed by atoms with Gasteiger partial charge < -0.3 is 5.32 Å². The van der Waals surface area contributed by atoms with E-state index in [0.717, 1.165) is 37.7 Å². The minimum absolute atomic E-state index is 0.0832. The molecule has 0 aromatic carbocycles. The van der Waals surface area contributed by atoms with Gasteiger partial charge >= 0.3 is 0 Å². The summed E-state index contributed by atoms with van der Waals surface area (Å²) in [4.78, 5) is 26.3. The number of piperidine rings is 1. The minimum atomic E-state index is -0.0832. The third-order valence-electron chi connectivity index (χ3n) is 4.68. The number of pyridine rings is 1. The normalized spacial score (nSPS) is 15.9. The zero-order valence-corrected chi connectivity index (χ0v) is 14.7. The van der Waals surface area contributed by atoms with Gasteiger partial charge in [-0.25, -0.2) is 4.98 Å². The van der Waals surface area contributed by atoms with Crippen molar-refractivity contribution in [1.29, 1.82) is 0 Å². The Balaban J connectivity index is 1.43. The van der Waals surface area contributed by atoms with Crippen molar-refractivity contribution in [3.05, 3.63) is 48.2 Å². The Kier molecular flexibility index (Phi) is 6.06. The van der Waals surface area contributed by atoms with Gasteiger partial charge in [-0.05, 0) is 62.4 Å². The molecule has 1 N–H and O–H groups in total. The summed E-state index contributed by atoms with van der Waals surface area (Å²) in [5, 5.41) is 2.74. The lowest BCUT2D eigenvalue weighted by Crippen LogP contribution is -2.33. The number of anilines is 1. The Morgan fingerprint density at radius 1 is 1.24 bits per heavy atom. The van der Waals surface area contributed by atoms with Crippen LogP contribution >= 0.6 is 0 Å². The lowest BCUT2D eigenvalue weighted by molar-refractivity contribution is -0.114. The van der Waals surface area contributed by atoms with Gasteiger partial charge in [0, 0.05) is 38.3 Å². The molecule has 0 saturated carbocycles. The summed E-state index contributed by atoms with van der Waals surface area (Å²) in [6.45, 7) is 4.64. The Morgan fingerprint density at radius 3 is 2.80 bits per heavy atom. The van der Waals surface area contributed by atoms with Crippen LogP contribution in [0.15, 0.2) is 36.9 Å². The number of hydrogen-bond acceptors (Lipinski definition) is 5. The fourth-order valence-corrected chi connectivity index (χ4v) is 3.32. The largest absolute Gasteiger partial charge is 0.311 e. The van der Waals surface area contributed by atoms with Crippen LogP contribution in [0.2, 0.25) is 0 Å². The molecule has 0 spiro atoms. The number of aryl methyl sites for hydroxylation is 1. The summed E-state index contributed by atoms with van der Waals surface area (Å²) >= 11 is 0. The van der Waals surface area contributed by atoms with Crippen molar-refractivity contribution in [3.63, 3.8) is 0 Å². The monoisotopic (exact) mass is 339 g/mol. The van der Waals surface area contributed by atoms with Crippen molar-refractivity contribution in [2.75, 3.05) is 18.4 Å². The van der Waals surface area contributed by atoms with Gasteiger partial charge in [0.15, 0.2) is 0 Å². The van der Waals surface area contributed by atoms with Gasteiger partial charge in [0.2, 0.25) is 5.91 Å². The van der Waals surface area contributed by atoms with E-state index in [2.05, 4.69) is 25.2 Å². The molecule has 1 aliphatic heterocycles. The number of aromatic nitrogens is 3. The summed E-state index contributed by atoms with van der Waals surface area (Å²) in [5.41, 5.74) is 2.28. The molecule has 132 valence electrons. The molecule has 1 amide bonds. The highest BCUT2D eigenvalue weighted by Crippen LogP contribution is 2.23. The molecule has 25 heavy (non-hydrogen) atoms. The Hall–Kier alpha value is -2.34. The molecule has 6 heteroatoms. The van der Waals surface area contributed by atoms with E-state index < -0.39 is 0 Å². The summed E-state index contributed by atoms with van der Waals surface area (Å²) in [7, 11) is 0. The quantitative estimate of drug-likeness (QED) is 0.876. The highest BCUT2D eigenvalue weighted by Gasteiger charge is 2.19. The number of amides is 1. The second kappa shape index (κ2) is 8.67. The molecule has 0 radical (unpaired) electrons. The van der Waals surface area contributed by atoms with E-state index in [9.17, 15) is 4.79 Å². The van der Waals surface area contributed by atoms with Crippen molar-refractivity contribution in [1.82, 2.24) is 19.9 Å². The van der Waals surface area contributed by atoms with E-state index in [4.69, 9.17) is 0 Å². The molecule has 0 atom stereocenters. The molecule has 2 aromatic rings. The Labute approximate surface area is 148 Å². The lowest BCUT2D eigenvalue weighted by atomic mass is 9.90. The average molecular weight is 339 g/mol. The van der Waals surface area contributed by atoms with Crippen LogP contribution in [0.1, 0.15) is 37.4 Å². The van der Waals surface area contributed by atoms with Crippen molar-refractivity contribution in [2.24, 2.45) is 5.92 Å². The van der Waals surface area contributed by atoms with Crippen LogP contribution in [0.3, 0.4) is 0 Å². The van der Waals surface area contributed by atoms with Gasteiger partial charge in [-0.3, -0.25) is 19.7 Å². The highest BCUT2D eigenvalue weighted by molar-refractivity contribution is 5.87. The van der Waals surface area contributed by atoms with E-state index in [1.165, 1.54) is 31.7 Å². The van der Waals surface area contributed by atoms with Crippen LogP contribution in [0.25, 0.3) is 0 Å². The first kappa shape index (κ1) is 17.5. The van der Waals surface area contributed by atoms with Gasteiger partial charge in [0.1, 0.15) is 5.82 Å². The smallest absolute Gasteiger partial charge is 0.222 e. The topological polar surface area (TPSA) is 71.0 Å². The SMILES string of the molecule is CC(=O)Nc1cc(CCC2CCN(Cc3cnccn3)CC2)ccn1. The lowest BCUT2D eigenvalue weighted by Gasteiger charge is -2.31. The first-order valence-corrected chi connectivity index (χ1v) is 8.89. The molecule has 1 fully saturated rings. The summed E-state index contributed by atoms with van der Waals surface area (Å²) in [6.07, 6.45) is 11.8. The number of nitrogens with one attached hydrogen (secondary N) is 1. The number of likely N-dealkylation sites (tertiary alicyclic amines) is 1. The average Bonchev–Trinajstić information content (AvgIpc) is 2.62. The zero-order chi connectivity index (χ0) is 17.5. The number of rotatable bonds is 6. The number of hydrogen-bond donors (Lipinski definition) is 1. The van der Waals surface area contributed by atoms with E-state index in [1.54, 1.807) is 18.6 Å². The summed E-state index contributed by atoms with van der Waals surface area (Å²) in [6, 6.07) is 4.01. The fourth-order valence-electron chi connectivity index (χ4n) is 3.32. The van der Waals surface area contributed by atoms with E-state index in [1.807, 2.05) is 18.3 Å². The molecule has 1 aliphatic rings. The van der Waals surface area contributed by atoms with Gasteiger partial charge in [-0.1, -0.05) is 0 Å². The van der Waals surface area contributed by atoms with E-state index in [-0.39, 0.29) is 5.91 Å². The summed E-state index contributed by atoms with van der Waals surface area (Å²) < 4.78 is 0. The first-order chi connectivity index (χ1) is 12.2. The first-order valence-electron chi connectivity index (χ1n) is 8.89. The molecule has 1 saturated heterocycles. The second-order valence-corrected chi connectivity index (χ2v) is 6.69. The van der Waals surface area contributed by atoms with Gasteiger partial charge in [0.25, 0.3) is 0 Å². The van der Waals surface area contributed by atoms with Crippen molar-refractivity contribution in [3.8, 4) is 0 Å². The van der Waals surface area contributed by atoms with Crippen molar-refractivity contribution >= 4 is 11.7 Å². The molecular weight excluding hydrogens is 314 g/mol. The number of carbonyl (C=O) groups excluding carboxylic acids is 1. The van der Waals surface area contributed by atoms with Gasteiger partial charge in [0.05, 0.1) is 5.69 Å². The van der Waals surface area contributed by atoms with Crippen molar-refractivity contribution < 1.29 is 4.79 Å². The standard InChI is InChI=1S/C19H25N5O/c1-15(25)23-19-12-17(4-7-22-19)3-2-16-5-10-24(11-6-16)14-18-13-20-8-9-21-18/h4,7-9,12-13,16H,2-3,5-6,10-11,14H2,1H3,(H,22,23,25). The van der Waals surface area contributed by atoms with Crippen LogP contribution in [-0.2, 0) is 17.8 Å². The van der Waals surface area contributed by atoms with E-state index >= 15 is 0 Å². The van der Waals surface area contributed by atoms with Crippen molar-refractivity contribution in [2.45, 2.75) is 39.2 Å². The maximum atomic E-state index is 11.1. The van der Waals surface area contributed by atoms with Crippen LogP contribution in [-0.4, -0.2) is 38.8 Å². The molecule has 0 aliphatic carbocycles. The van der Waals surface area contributed by atoms with Crippen LogP contribution in [0, 0.1) is 5.92 Å². The van der Waals surface area contributed by atoms with Crippen LogP contribution < -0.4 is 5.32 Å². The molecular formula is C19H25N5O. The predicted octanol–water partition coefficient (Wildman–Crippen LogP) is 2.67. The van der Waals surface area contributed by atoms with Gasteiger partial charge in [-0.15, -0.1) is 0 Å². The maximum absolute atomic E-state index is 11.1. The Morgan fingerprint density at radius 2 is 2.08 bits per heavy atom. The number of nitrogens with zero attached hydrogens (tertiary/aromatic N) is 4. The fraction of sp³-hybridized carbons (Fsp3) is 0.474. The second-order valence-electron chi connectivity index (χ2n) is 6.69.